The van der Waals surface area contributed by atoms with E-state index in [2.05, 4.69) is 15.6 Å². The van der Waals surface area contributed by atoms with Gasteiger partial charge < -0.3 is 20.5 Å². The highest BCUT2D eigenvalue weighted by molar-refractivity contribution is 7.89. The van der Waals surface area contributed by atoms with Gasteiger partial charge in [0.25, 0.3) is 5.91 Å². The number of likely N-dealkylation sites (N-methyl/N-ethyl adjacent to an activating group) is 1. The minimum atomic E-state index is -3.81. The van der Waals surface area contributed by atoms with Gasteiger partial charge in [-0.25, -0.2) is 8.42 Å². The molecule has 186 valence electrons. The zero-order chi connectivity index (χ0) is 25.2. The maximum atomic E-state index is 13.2. The third-order valence-corrected chi connectivity index (χ3v) is 8.05. The summed E-state index contributed by atoms with van der Waals surface area (Å²) in [4.78, 5) is 31.3. The number of H-pyrrole nitrogens is 1. The van der Waals surface area contributed by atoms with E-state index in [0.29, 0.717) is 18.8 Å². The lowest BCUT2D eigenvalue weighted by Crippen LogP contribution is -2.47. The molecule has 2 amide bonds. The molecule has 0 bridgehead atoms. The number of aryl methyl sites for hydroxylation is 1. The average molecular weight is 498 g/mol. The Morgan fingerprint density at radius 1 is 1.09 bits per heavy atom. The second-order valence-electron chi connectivity index (χ2n) is 9.19. The number of nitrogens with zero attached hydrogens (tertiary/aromatic N) is 2. The van der Waals surface area contributed by atoms with Crippen molar-refractivity contribution in [1.29, 1.82) is 0 Å². The highest BCUT2D eigenvalue weighted by atomic mass is 32.2. The van der Waals surface area contributed by atoms with E-state index in [1.54, 1.807) is 24.3 Å². The monoisotopic (exact) mass is 497 g/mol. The Kier molecular flexibility index (Phi) is 7.25. The minimum absolute atomic E-state index is 0.00801. The van der Waals surface area contributed by atoms with Crippen molar-refractivity contribution in [1.82, 2.24) is 24.8 Å². The second-order valence-corrected chi connectivity index (χ2v) is 11.1. The molecule has 0 unspecified atom stereocenters. The van der Waals surface area contributed by atoms with Gasteiger partial charge in [-0.1, -0.05) is 29.8 Å². The maximum absolute atomic E-state index is 13.2. The van der Waals surface area contributed by atoms with Crippen LogP contribution in [0.4, 0.5) is 0 Å². The number of carbonyl (C=O) groups excluding carboxylic acids is 2. The van der Waals surface area contributed by atoms with Crippen molar-refractivity contribution in [2.24, 2.45) is 5.92 Å². The van der Waals surface area contributed by atoms with Crippen LogP contribution in [-0.4, -0.2) is 80.7 Å². The van der Waals surface area contributed by atoms with E-state index in [4.69, 9.17) is 0 Å². The summed E-state index contributed by atoms with van der Waals surface area (Å²) in [6, 6.07) is 15.0. The highest BCUT2D eigenvalue weighted by Gasteiger charge is 2.43. The molecule has 1 aliphatic heterocycles. The Balaban J connectivity index is 1.55. The number of rotatable bonds is 8. The van der Waals surface area contributed by atoms with Crippen LogP contribution in [-0.2, 0) is 14.8 Å². The zero-order valence-corrected chi connectivity index (χ0v) is 20.9. The molecule has 4 rings (SSSR count). The molecule has 2 heterocycles. The molecule has 2 aromatic carbocycles. The lowest BCUT2D eigenvalue weighted by molar-refractivity contribution is -0.125. The fourth-order valence-electron chi connectivity index (χ4n) is 4.27. The Hall–Kier alpha value is -3.21. The molecule has 0 spiro atoms. The molecule has 35 heavy (non-hydrogen) atoms. The molecular weight excluding hydrogens is 466 g/mol. The summed E-state index contributed by atoms with van der Waals surface area (Å²) in [6.07, 6.45) is 0. The van der Waals surface area contributed by atoms with Crippen LogP contribution in [0.1, 0.15) is 16.1 Å². The molecule has 1 saturated heterocycles. The van der Waals surface area contributed by atoms with Gasteiger partial charge in [-0.05, 0) is 51.4 Å². The van der Waals surface area contributed by atoms with Gasteiger partial charge in [-0.3, -0.25) is 9.59 Å². The quantitative estimate of drug-likeness (QED) is 0.437. The standard InChI is InChI=1S/C25H31N5O4S/c1-17-9-10-21-18(13-17)14-22(27-21)25(32)28-23-16-30(35(33,34)19-7-5-4-6-8-19)15-20(23)24(31)26-11-12-29(2)3/h4-10,13-14,20,23,27H,11-12,15-16H2,1-3H3,(H,26,31)(H,28,32)/t20-,23-/m1/s1. The van der Waals surface area contributed by atoms with E-state index in [-0.39, 0.29) is 29.8 Å². The fraction of sp³-hybridized carbons (Fsp3) is 0.360. The number of amides is 2. The Labute approximate surface area is 205 Å². The number of nitrogens with one attached hydrogen (secondary N) is 3. The first-order chi connectivity index (χ1) is 16.6. The van der Waals surface area contributed by atoms with Gasteiger partial charge in [0.1, 0.15) is 5.69 Å². The van der Waals surface area contributed by atoms with Gasteiger partial charge in [0.15, 0.2) is 0 Å². The predicted octanol–water partition coefficient (Wildman–Crippen LogP) is 1.57. The molecule has 3 aromatic rings. The van der Waals surface area contributed by atoms with Gasteiger partial charge in [0.05, 0.1) is 16.9 Å². The van der Waals surface area contributed by atoms with Crippen molar-refractivity contribution < 1.29 is 18.0 Å². The van der Waals surface area contributed by atoms with Crippen LogP contribution in [0.15, 0.2) is 59.5 Å². The van der Waals surface area contributed by atoms with Crippen molar-refractivity contribution in [3.05, 3.63) is 65.9 Å². The van der Waals surface area contributed by atoms with Crippen LogP contribution in [0.25, 0.3) is 10.9 Å². The van der Waals surface area contributed by atoms with E-state index in [1.807, 2.05) is 44.1 Å². The van der Waals surface area contributed by atoms with Crippen molar-refractivity contribution in [3.8, 4) is 0 Å². The summed E-state index contributed by atoms with van der Waals surface area (Å²) in [5, 5.41) is 6.69. The first kappa shape index (κ1) is 24.9. The van der Waals surface area contributed by atoms with E-state index < -0.39 is 22.0 Å². The molecule has 1 aromatic heterocycles. The van der Waals surface area contributed by atoms with Crippen LogP contribution in [0.3, 0.4) is 0 Å². The number of sulfonamides is 1. The van der Waals surface area contributed by atoms with Crippen molar-refractivity contribution in [2.75, 3.05) is 40.3 Å². The molecule has 3 N–H and O–H groups in total. The number of carbonyl (C=O) groups is 2. The van der Waals surface area contributed by atoms with Crippen LogP contribution in [0.5, 0.6) is 0 Å². The molecule has 1 fully saturated rings. The number of fused-ring (bicyclic) bond motifs is 1. The summed E-state index contributed by atoms with van der Waals surface area (Å²) < 4.78 is 27.7. The third-order valence-electron chi connectivity index (χ3n) is 6.20. The predicted molar refractivity (Wildman–Crippen MR) is 135 cm³/mol. The van der Waals surface area contributed by atoms with Crippen molar-refractivity contribution in [2.45, 2.75) is 17.9 Å². The molecule has 0 radical (unpaired) electrons. The van der Waals surface area contributed by atoms with Gasteiger partial charge in [0.2, 0.25) is 15.9 Å². The zero-order valence-electron chi connectivity index (χ0n) is 20.1. The van der Waals surface area contributed by atoms with Crippen molar-refractivity contribution in [3.63, 3.8) is 0 Å². The molecule has 1 aliphatic rings. The first-order valence-electron chi connectivity index (χ1n) is 11.5. The van der Waals surface area contributed by atoms with Gasteiger partial charge in [0, 0.05) is 37.1 Å². The van der Waals surface area contributed by atoms with E-state index in [0.717, 1.165) is 16.5 Å². The van der Waals surface area contributed by atoms with E-state index >= 15 is 0 Å². The Morgan fingerprint density at radius 3 is 2.54 bits per heavy atom. The molecule has 2 atom stereocenters. The number of hydrogen-bond donors (Lipinski definition) is 3. The first-order valence-corrected chi connectivity index (χ1v) is 13.0. The number of hydrogen-bond acceptors (Lipinski definition) is 5. The largest absolute Gasteiger partial charge is 0.354 e. The minimum Gasteiger partial charge on any atom is -0.354 e. The highest BCUT2D eigenvalue weighted by Crippen LogP contribution is 2.26. The number of benzene rings is 2. The van der Waals surface area contributed by atoms with Crippen molar-refractivity contribution >= 4 is 32.7 Å². The van der Waals surface area contributed by atoms with Gasteiger partial charge >= 0.3 is 0 Å². The van der Waals surface area contributed by atoms with Crippen LogP contribution in [0, 0.1) is 12.8 Å². The Bertz CT molecular complexity index is 1320. The fourth-order valence-corrected chi connectivity index (χ4v) is 5.78. The SMILES string of the molecule is Cc1ccc2[nH]c(C(=O)N[C@@H]3CN(S(=O)(=O)c4ccccc4)C[C@H]3C(=O)NCCN(C)C)cc2c1. The summed E-state index contributed by atoms with van der Waals surface area (Å²) >= 11 is 0. The molecule has 0 saturated carbocycles. The smallest absolute Gasteiger partial charge is 0.268 e. The van der Waals surface area contributed by atoms with Gasteiger partial charge in [-0.15, -0.1) is 0 Å². The summed E-state index contributed by atoms with van der Waals surface area (Å²) in [7, 11) is -0.00467. The maximum Gasteiger partial charge on any atom is 0.268 e. The average Bonchev–Trinajstić information content (AvgIpc) is 3.44. The van der Waals surface area contributed by atoms with E-state index in [1.165, 1.54) is 16.4 Å². The molecule has 0 aliphatic carbocycles. The molecule has 10 heteroatoms. The topological polar surface area (TPSA) is 115 Å². The third kappa shape index (κ3) is 5.55. The van der Waals surface area contributed by atoms with Crippen LogP contribution >= 0.6 is 0 Å². The lowest BCUT2D eigenvalue weighted by atomic mass is 10.0. The summed E-state index contributed by atoms with van der Waals surface area (Å²) in [5.41, 5.74) is 2.27. The van der Waals surface area contributed by atoms with Crippen LogP contribution in [0.2, 0.25) is 0 Å². The second kappa shape index (κ2) is 10.2. The Morgan fingerprint density at radius 2 is 1.83 bits per heavy atom. The van der Waals surface area contributed by atoms with E-state index in [9.17, 15) is 18.0 Å². The normalized spacial score (nSPS) is 18.7. The molecular formula is C25H31N5O4S. The lowest BCUT2D eigenvalue weighted by Gasteiger charge is -2.19. The summed E-state index contributed by atoms with van der Waals surface area (Å²) in [5.74, 6) is -1.38. The number of aromatic nitrogens is 1. The summed E-state index contributed by atoms with van der Waals surface area (Å²) in [6.45, 7) is 3.05. The van der Waals surface area contributed by atoms with Gasteiger partial charge in [-0.2, -0.15) is 4.31 Å². The molecule has 9 nitrogen and oxygen atoms in total. The van der Waals surface area contributed by atoms with Crippen LogP contribution < -0.4 is 10.6 Å². The number of aromatic amines is 1.